The van der Waals surface area contributed by atoms with Crippen LogP contribution in [-0.2, 0) is 13.0 Å². The van der Waals surface area contributed by atoms with Crippen LogP contribution in [0, 0.1) is 0 Å². The van der Waals surface area contributed by atoms with Gasteiger partial charge in [-0.25, -0.2) is 0 Å². The van der Waals surface area contributed by atoms with Gasteiger partial charge in [0, 0.05) is 17.6 Å². The molecule has 0 aromatic heterocycles. The Morgan fingerprint density at radius 2 is 1.46 bits per heavy atom. The van der Waals surface area contributed by atoms with Gasteiger partial charge in [0.15, 0.2) is 0 Å². The lowest BCUT2D eigenvalue weighted by Crippen LogP contribution is -2.41. The molecule has 3 rings (SSSR count). The van der Waals surface area contributed by atoms with Gasteiger partial charge in [0.2, 0.25) is 0 Å². The molecule has 1 fully saturated rings. The molecular formula is C19H22ClNO3. The quantitative estimate of drug-likeness (QED) is 0.772. The Morgan fingerprint density at radius 3 is 2.08 bits per heavy atom. The summed E-state index contributed by atoms with van der Waals surface area (Å²) in [5.74, 6) is 0. The van der Waals surface area contributed by atoms with Crippen molar-refractivity contribution in [2.24, 2.45) is 0 Å². The molecule has 2 aromatic carbocycles. The van der Waals surface area contributed by atoms with Gasteiger partial charge < -0.3 is 15.3 Å². The Labute approximate surface area is 146 Å². The van der Waals surface area contributed by atoms with Gasteiger partial charge in [-0.2, -0.15) is 0 Å². The van der Waals surface area contributed by atoms with Crippen LogP contribution in [0.5, 0.6) is 0 Å². The van der Waals surface area contributed by atoms with E-state index >= 15 is 0 Å². The van der Waals surface area contributed by atoms with Gasteiger partial charge in [-0.1, -0.05) is 54.1 Å². The molecule has 128 valence electrons. The summed E-state index contributed by atoms with van der Waals surface area (Å²) in [6, 6.07) is 16.6. The van der Waals surface area contributed by atoms with Crippen LogP contribution in [-0.4, -0.2) is 51.1 Å². The lowest BCUT2D eigenvalue weighted by Gasteiger charge is -2.30. The van der Waals surface area contributed by atoms with E-state index < -0.39 is 18.2 Å². The number of aliphatic hydroxyl groups excluding tert-OH is 3. The number of rotatable bonds is 5. The van der Waals surface area contributed by atoms with Gasteiger partial charge in [-0.3, -0.25) is 4.90 Å². The van der Waals surface area contributed by atoms with Crippen molar-refractivity contribution < 1.29 is 15.3 Å². The summed E-state index contributed by atoms with van der Waals surface area (Å²) >= 11 is 5.93. The van der Waals surface area contributed by atoms with E-state index in [1.165, 1.54) is 0 Å². The predicted molar refractivity (Wildman–Crippen MR) is 93.8 cm³/mol. The van der Waals surface area contributed by atoms with E-state index in [0.717, 1.165) is 11.1 Å². The molecule has 4 nitrogen and oxygen atoms in total. The molecule has 1 aliphatic rings. The maximum absolute atomic E-state index is 10.5. The average Bonchev–Trinajstić information content (AvgIpc) is 2.82. The van der Waals surface area contributed by atoms with E-state index in [0.29, 0.717) is 18.0 Å². The largest absolute Gasteiger partial charge is 0.395 e. The fourth-order valence-electron chi connectivity index (χ4n) is 3.44. The van der Waals surface area contributed by atoms with Gasteiger partial charge in [-0.15, -0.1) is 0 Å². The Kier molecular flexibility index (Phi) is 5.54. The lowest BCUT2D eigenvalue weighted by atomic mass is 10.0. The van der Waals surface area contributed by atoms with Crippen molar-refractivity contribution in [2.45, 2.75) is 37.3 Å². The van der Waals surface area contributed by atoms with E-state index in [-0.39, 0.29) is 12.6 Å². The zero-order valence-electron chi connectivity index (χ0n) is 13.3. The molecule has 1 aliphatic heterocycles. The molecule has 0 unspecified atom stereocenters. The standard InChI is InChI=1S/C19H22ClNO3/c20-15-8-6-14(7-9-15)11-21-16(10-13-4-2-1-3-5-13)18(23)19(24)17(21)12-22/h1-9,16-19,22-24H,10-12H2/t16-,17+,18-,19+/m0/s1. The molecule has 4 atom stereocenters. The Balaban J connectivity index is 1.84. The second kappa shape index (κ2) is 7.64. The number of aliphatic hydroxyl groups is 3. The fraction of sp³-hybridized carbons (Fsp3) is 0.368. The van der Waals surface area contributed by atoms with Gasteiger partial charge >= 0.3 is 0 Å². The van der Waals surface area contributed by atoms with Crippen LogP contribution in [0.1, 0.15) is 11.1 Å². The van der Waals surface area contributed by atoms with Crippen LogP contribution in [0.15, 0.2) is 54.6 Å². The van der Waals surface area contributed by atoms with Crippen molar-refractivity contribution in [3.63, 3.8) is 0 Å². The van der Waals surface area contributed by atoms with E-state index in [2.05, 4.69) is 0 Å². The van der Waals surface area contributed by atoms with Crippen LogP contribution < -0.4 is 0 Å². The summed E-state index contributed by atoms with van der Waals surface area (Å²) in [5.41, 5.74) is 2.12. The number of hydrogen-bond acceptors (Lipinski definition) is 4. The molecule has 0 radical (unpaired) electrons. The molecular weight excluding hydrogens is 326 g/mol. The third-order valence-corrected chi connectivity index (χ3v) is 5.00. The molecule has 0 aliphatic carbocycles. The second-order valence-electron chi connectivity index (χ2n) is 6.29. The zero-order valence-corrected chi connectivity index (χ0v) is 14.0. The fourth-order valence-corrected chi connectivity index (χ4v) is 3.56. The zero-order chi connectivity index (χ0) is 17.1. The predicted octanol–water partition coefficient (Wildman–Crippen LogP) is 1.85. The number of halogens is 1. The third-order valence-electron chi connectivity index (χ3n) is 4.74. The smallest absolute Gasteiger partial charge is 0.0991 e. The minimum Gasteiger partial charge on any atom is -0.395 e. The Hall–Kier alpha value is -1.43. The molecule has 0 bridgehead atoms. The van der Waals surface area contributed by atoms with E-state index in [9.17, 15) is 15.3 Å². The van der Waals surface area contributed by atoms with E-state index in [1.807, 2.05) is 59.5 Å². The van der Waals surface area contributed by atoms with Crippen molar-refractivity contribution in [1.82, 2.24) is 4.90 Å². The summed E-state index contributed by atoms with van der Waals surface area (Å²) < 4.78 is 0. The van der Waals surface area contributed by atoms with Crippen LogP contribution >= 0.6 is 11.6 Å². The SMILES string of the molecule is OC[C@@H]1[C@@H](O)[C@@H](O)[C@H](Cc2ccccc2)N1Cc1ccc(Cl)cc1. The first kappa shape index (κ1) is 17.4. The van der Waals surface area contributed by atoms with Crippen molar-refractivity contribution in [1.29, 1.82) is 0 Å². The summed E-state index contributed by atoms with van der Waals surface area (Å²) in [5, 5.41) is 31.2. The molecule has 2 aromatic rings. The topological polar surface area (TPSA) is 63.9 Å². The first-order valence-corrected chi connectivity index (χ1v) is 8.49. The van der Waals surface area contributed by atoms with Crippen LogP contribution in [0.2, 0.25) is 5.02 Å². The average molecular weight is 348 g/mol. The van der Waals surface area contributed by atoms with Gasteiger partial charge in [-0.05, 0) is 29.7 Å². The molecule has 5 heteroatoms. The maximum Gasteiger partial charge on any atom is 0.0991 e. The third kappa shape index (κ3) is 3.63. The molecule has 0 saturated carbocycles. The minimum absolute atomic E-state index is 0.197. The molecule has 3 N–H and O–H groups in total. The van der Waals surface area contributed by atoms with Crippen LogP contribution in [0.25, 0.3) is 0 Å². The molecule has 1 saturated heterocycles. The summed E-state index contributed by atoms with van der Waals surface area (Å²) in [4.78, 5) is 1.99. The lowest BCUT2D eigenvalue weighted by molar-refractivity contribution is 0.0178. The summed E-state index contributed by atoms with van der Waals surface area (Å²) in [7, 11) is 0. The van der Waals surface area contributed by atoms with Crippen molar-refractivity contribution in [3.8, 4) is 0 Å². The summed E-state index contributed by atoms with van der Waals surface area (Å²) in [6.45, 7) is 0.338. The number of hydrogen-bond donors (Lipinski definition) is 3. The highest BCUT2D eigenvalue weighted by molar-refractivity contribution is 6.30. The van der Waals surface area contributed by atoms with Crippen molar-refractivity contribution in [2.75, 3.05) is 6.61 Å². The minimum atomic E-state index is -0.962. The first-order valence-electron chi connectivity index (χ1n) is 8.11. The second-order valence-corrected chi connectivity index (χ2v) is 6.72. The van der Waals surface area contributed by atoms with Gasteiger partial charge in [0.05, 0.1) is 24.9 Å². The Morgan fingerprint density at radius 1 is 0.833 bits per heavy atom. The van der Waals surface area contributed by atoms with Crippen LogP contribution in [0.3, 0.4) is 0 Å². The monoisotopic (exact) mass is 347 g/mol. The number of benzene rings is 2. The molecule has 1 heterocycles. The summed E-state index contributed by atoms with van der Waals surface area (Å²) in [6.07, 6.45) is -1.24. The highest BCUT2D eigenvalue weighted by Gasteiger charge is 2.46. The van der Waals surface area contributed by atoms with Crippen molar-refractivity contribution >= 4 is 11.6 Å². The highest BCUT2D eigenvalue weighted by atomic mass is 35.5. The van der Waals surface area contributed by atoms with E-state index in [4.69, 9.17) is 11.6 Å². The molecule has 24 heavy (non-hydrogen) atoms. The maximum atomic E-state index is 10.5. The number of nitrogens with zero attached hydrogens (tertiary/aromatic N) is 1. The van der Waals surface area contributed by atoms with Gasteiger partial charge in [0.25, 0.3) is 0 Å². The Bertz CT molecular complexity index is 649. The normalized spacial score (nSPS) is 27.5. The molecule has 0 amide bonds. The van der Waals surface area contributed by atoms with Crippen molar-refractivity contribution in [3.05, 3.63) is 70.7 Å². The van der Waals surface area contributed by atoms with E-state index in [1.54, 1.807) is 0 Å². The molecule has 0 spiro atoms. The highest BCUT2D eigenvalue weighted by Crippen LogP contribution is 2.29. The number of likely N-dealkylation sites (tertiary alicyclic amines) is 1. The van der Waals surface area contributed by atoms with Crippen LogP contribution in [0.4, 0.5) is 0 Å². The first-order chi connectivity index (χ1) is 11.6. The van der Waals surface area contributed by atoms with Gasteiger partial charge in [0.1, 0.15) is 0 Å².